The van der Waals surface area contributed by atoms with Crippen molar-refractivity contribution in [2.45, 2.75) is 0 Å². The van der Waals surface area contributed by atoms with Gasteiger partial charge < -0.3 is 14.1 Å². The van der Waals surface area contributed by atoms with Gasteiger partial charge in [0.05, 0.1) is 24.4 Å². The van der Waals surface area contributed by atoms with Gasteiger partial charge in [0.25, 0.3) is 5.69 Å². The van der Waals surface area contributed by atoms with Crippen LogP contribution in [0.4, 0.5) is 11.4 Å². The van der Waals surface area contributed by atoms with Crippen molar-refractivity contribution in [3.8, 4) is 0 Å². The summed E-state index contributed by atoms with van der Waals surface area (Å²) >= 11 is 3.38. The van der Waals surface area contributed by atoms with Gasteiger partial charge in [0.15, 0.2) is 5.76 Å². The molecule has 4 rings (SSSR count). The normalized spacial score (nSPS) is 14.4. The van der Waals surface area contributed by atoms with Crippen molar-refractivity contribution < 1.29 is 18.9 Å². The number of carbonyl (C=O) groups excluding carboxylic acids is 1. The van der Waals surface area contributed by atoms with Crippen molar-refractivity contribution in [3.05, 3.63) is 68.4 Å². The van der Waals surface area contributed by atoms with Crippen LogP contribution in [-0.4, -0.2) is 43.3 Å². The molecule has 0 aliphatic carbocycles. The molecule has 10 heteroatoms. The zero-order chi connectivity index (χ0) is 21.1. The van der Waals surface area contributed by atoms with Crippen LogP contribution in [0.25, 0.3) is 11.0 Å². The van der Waals surface area contributed by atoms with E-state index in [2.05, 4.69) is 31.4 Å². The Morgan fingerprint density at radius 3 is 2.77 bits per heavy atom. The lowest BCUT2D eigenvalue weighted by Gasteiger charge is -2.29. The molecule has 1 aliphatic heterocycles. The highest BCUT2D eigenvalue weighted by Crippen LogP contribution is 2.25. The highest BCUT2D eigenvalue weighted by atomic mass is 79.9. The molecule has 2 heterocycles. The van der Waals surface area contributed by atoms with Crippen LogP contribution in [0.5, 0.6) is 0 Å². The summed E-state index contributed by atoms with van der Waals surface area (Å²) in [5.74, 6) is -0.398. The van der Waals surface area contributed by atoms with Gasteiger partial charge in [0, 0.05) is 46.3 Å². The largest absolute Gasteiger partial charge is 0.451 e. The Morgan fingerprint density at radius 1 is 1.20 bits per heavy atom. The number of non-ortho nitro benzene ring substituents is 1. The number of hydrogen-bond acceptors (Lipinski definition) is 7. The van der Waals surface area contributed by atoms with E-state index >= 15 is 0 Å². The molecule has 0 bridgehead atoms. The Bertz CT molecular complexity index is 1140. The van der Waals surface area contributed by atoms with Crippen molar-refractivity contribution in [2.75, 3.05) is 31.2 Å². The lowest BCUT2D eigenvalue weighted by Crippen LogP contribution is -2.36. The summed E-state index contributed by atoms with van der Waals surface area (Å²) in [5.41, 5.74) is 4.26. The number of amides is 1. The van der Waals surface area contributed by atoms with Crippen LogP contribution in [0.1, 0.15) is 16.1 Å². The van der Waals surface area contributed by atoms with Gasteiger partial charge in [-0.2, -0.15) is 5.10 Å². The second-order valence-corrected chi connectivity index (χ2v) is 7.51. The number of rotatable bonds is 5. The Morgan fingerprint density at radius 2 is 2.00 bits per heavy atom. The smallest absolute Gasteiger partial charge is 0.307 e. The Kier molecular flexibility index (Phi) is 5.77. The van der Waals surface area contributed by atoms with Crippen molar-refractivity contribution in [1.82, 2.24) is 5.43 Å². The van der Waals surface area contributed by atoms with Crippen molar-refractivity contribution in [2.24, 2.45) is 5.10 Å². The van der Waals surface area contributed by atoms with Gasteiger partial charge in [-0.3, -0.25) is 14.9 Å². The van der Waals surface area contributed by atoms with Crippen LogP contribution < -0.4 is 10.3 Å². The average molecular weight is 473 g/mol. The molecule has 30 heavy (non-hydrogen) atoms. The molecule has 1 aliphatic rings. The molecule has 1 N–H and O–H groups in total. The second kappa shape index (κ2) is 8.64. The summed E-state index contributed by atoms with van der Waals surface area (Å²) in [4.78, 5) is 25.1. The molecule has 0 atom stereocenters. The van der Waals surface area contributed by atoms with Crippen LogP contribution in [0.15, 0.2) is 56.5 Å². The summed E-state index contributed by atoms with van der Waals surface area (Å²) < 4.78 is 11.8. The third-order valence-corrected chi connectivity index (χ3v) is 5.14. The van der Waals surface area contributed by atoms with Crippen molar-refractivity contribution >= 4 is 50.4 Å². The molecule has 1 saturated heterocycles. The van der Waals surface area contributed by atoms with Crippen molar-refractivity contribution in [3.63, 3.8) is 0 Å². The van der Waals surface area contributed by atoms with Gasteiger partial charge in [-0.05, 0) is 30.3 Å². The lowest BCUT2D eigenvalue weighted by atomic mass is 10.1. The predicted octanol–water partition coefficient (Wildman–Crippen LogP) is 3.70. The molecule has 1 aromatic heterocycles. The molecule has 3 aromatic rings. The van der Waals surface area contributed by atoms with E-state index in [-0.39, 0.29) is 11.4 Å². The maximum atomic E-state index is 12.4. The van der Waals surface area contributed by atoms with Gasteiger partial charge in [0.2, 0.25) is 0 Å². The first-order valence-electron chi connectivity index (χ1n) is 9.15. The van der Waals surface area contributed by atoms with Crippen molar-refractivity contribution in [1.29, 1.82) is 0 Å². The topological polar surface area (TPSA) is 110 Å². The fourth-order valence-electron chi connectivity index (χ4n) is 3.19. The summed E-state index contributed by atoms with van der Waals surface area (Å²) in [7, 11) is 0. The standard InChI is InChI=1S/C20H17BrN4O5/c21-15-1-4-18-13(9-15)11-19(30-18)20(26)23-22-12-14-10-16(25(27)28)2-3-17(14)24-5-7-29-8-6-24/h1-4,9-12H,5-8H2,(H,23,26)/b22-12-. The minimum Gasteiger partial charge on any atom is -0.451 e. The third-order valence-electron chi connectivity index (χ3n) is 4.65. The first-order chi connectivity index (χ1) is 14.5. The molecule has 9 nitrogen and oxygen atoms in total. The Hall–Kier alpha value is -3.24. The summed E-state index contributed by atoms with van der Waals surface area (Å²) in [6.07, 6.45) is 1.40. The number of benzene rings is 2. The van der Waals surface area contributed by atoms with Crippen LogP contribution in [0, 0.1) is 10.1 Å². The summed E-state index contributed by atoms with van der Waals surface area (Å²) in [6.45, 7) is 2.48. The highest BCUT2D eigenvalue weighted by molar-refractivity contribution is 9.10. The first-order valence-corrected chi connectivity index (χ1v) is 9.94. The number of nitrogens with one attached hydrogen (secondary N) is 1. The molecule has 2 aromatic carbocycles. The maximum absolute atomic E-state index is 12.4. The number of nitro groups is 1. The van der Waals surface area contributed by atoms with Crippen LogP contribution in [0.2, 0.25) is 0 Å². The number of nitrogens with zero attached hydrogens (tertiary/aromatic N) is 3. The van der Waals surface area contributed by atoms with E-state index in [1.165, 1.54) is 18.3 Å². The molecular weight excluding hydrogens is 456 g/mol. The van der Waals surface area contributed by atoms with E-state index in [9.17, 15) is 14.9 Å². The number of anilines is 1. The first kappa shape index (κ1) is 20.0. The minimum atomic E-state index is -0.517. The van der Waals surface area contributed by atoms with Gasteiger partial charge in [-0.25, -0.2) is 5.43 Å². The van der Waals surface area contributed by atoms with Crippen LogP contribution in [0.3, 0.4) is 0 Å². The molecular formula is C20H17BrN4O5. The number of nitro benzene ring substituents is 1. The van der Waals surface area contributed by atoms with E-state index < -0.39 is 10.8 Å². The molecule has 0 unspecified atom stereocenters. The molecule has 1 fully saturated rings. The van der Waals surface area contributed by atoms with E-state index in [1.807, 2.05) is 12.1 Å². The molecule has 0 saturated carbocycles. The SMILES string of the molecule is O=C(N/N=C\c1cc([N+](=O)[O-])ccc1N1CCOCC1)c1cc2cc(Br)ccc2o1. The predicted molar refractivity (Wildman–Crippen MR) is 115 cm³/mol. The van der Waals surface area contributed by atoms with E-state index in [4.69, 9.17) is 9.15 Å². The zero-order valence-corrected chi connectivity index (χ0v) is 17.3. The van der Waals surface area contributed by atoms with Gasteiger partial charge in [-0.1, -0.05) is 15.9 Å². The number of fused-ring (bicyclic) bond motifs is 1. The number of carbonyl (C=O) groups is 1. The fourth-order valence-corrected chi connectivity index (χ4v) is 3.57. The van der Waals surface area contributed by atoms with E-state index in [1.54, 1.807) is 18.2 Å². The van der Waals surface area contributed by atoms with Gasteiger partial charge >= 0.3 is 5.91 Å². The quantitative estimate of drug-likeness (QED) is 0.344. The number of morpholine rings is 1. The number of hydrazone groups is 1. The summed E-state index contributed by atoms with van der Waals surface area (Å²) in [6, 6.07) is 11.6. The second-order valence-electron chi connectivity index (χ2n) is 6.59. The van der Waals surface area contributed by atoms with Crippen LogP contribution >= 0.6 is 15.9 Å². The maximum Gasteiger partial charge on any atom is 0.307 e. The molecule has 0 radical (unpaired) electrons. The highest BCUT2D eigenvalue weighted by Gasteiger charge is 2.17. The number of ether oxygens (including phenoxy) is 1. The Labute approximate surface area is 179 Å². The summed E-state index contributed by atoms with van der Waals surface area (Å²) in [5, 5.41) is 15.9. The average Bonchev–Trinajstić information content (AvgIpc) is 3.17. The van der Waals surface area contributed by atoms with Gasteiger partial charge in [0.1, 0.15) is 5.58 Å². The zero-order valence-electron chi connectivity index (χ0n) is 15.7. The lowest BCUT2D eigenvalue weighted by molar-refractivity contribution is -0.384. The third kappa shape index (κ3) is 4.34. The van der Waals surface area contributed by atoms with E-state index in [0.717, 1.165) is 15.5 Å². The monoisotopic (exact) mass is 472 g/mol. The molecule has 0 spiro atoms. The number of hydrogen-bond donors (Lipinski definition) is 1. The number of furan rings is 1. The van der Waals surface area contributed by atoms with Crippen LogP contribution in [-0.2, 0) is 4.74 Å². The number of halogens is 1. The fraction of sp³-hybridized carbons (Fsp3) is 0.200. The van der Waals surface area contributed by atoms with E-state index in [0.29, 0.717) is 37.4 Å². The Balaban J connectivity index is 1.54. The minimum absolute atomic E-state index is 0.0531. The molecule has 1 amide bonds. The van der Waals surface area contributed by atoms with Gasteiger partial charge in [-0.15, -0.1) is 0 Å². The molecule has 154 valence electrons.